The second-order valence-electron chi connectivity index (χ2n) is 6.32. The Labute approximate surface area is 149 Å². The molecule has 1 atom stereocenters. The molecule has 0 amide bonds. The number of nitrogens with zero attached hydrogens (tertiary/aromatic N) is 1. The Morgan fingerprint density at radius 2 is 1.79 bits per heavy atom. The number of aryl methyl sites for hydroxylation is 3. The van der Waals surface area contributed by atoms with Gasteiger partial charge in [0.2, 0.25) is 0 Å². The van der Waals surface area contributed by atoms with E-state index in [9.17, 15) is 9.59 Å². The van der Waals surface area contributed by atoms with E-state index in [1.807, 2.05) is 45.0 Å². The molecule has 1 aliphatic carbocycles. The van der Waals surface area contributed by atoms with Gasteiger partial charge in [0.25, 0.3) is 0 Å². The van der Waals surface area contributed by atoms with Gasteiger partial charge < -0.3 is 0 Å². The van der Waals surface area contributed by atoms with E-state index >= 15 is 0 Å². The summed E-state index contributed by atoms with van der Waals surface area (Å²) in [5, 5.41) is 0. The van der Waals surface area contributed by atoms with Crippen LogP contribution in [-0.2, 0) is 9.59 Å². The molecule has 1 fully saturated rings. The van der Waals surface area contributed by atoms with Crippen molar-refractivity contribution in [2.45, 2.75) is 33.1 Å². The van der Waals surface area contributed by atoms with Crippen molar-refractivity contribution < 1.29 is 9.59 Å². The van der Waals surface area contributed by atoms with Crippen LogP contribution in [0.5, 0.6) is 0 Å². The zero-order valence-corrected chi connectivity index (χ0v) is 15.5. The van der Waals surface area contributed by atoms with Crippen molar-refractivity contribution in [1.29, 1.82) is 0 Å². The Morgan fingerprint density at radius 1 is 1.12 bits per heavy atom. The first-order valence-electron chi connectivity index (χ1n) is 7.83. The quantitative estimate of drug-likeness (QED) is 0.567. The molecule has 0 N–H and O–H groups in total. The zero-order chi connectivity index (χ0) is 17.4. The number of Topliss-reactive ketones (excluding diaryl/α,β-unsaturated/α-hetero) is 2. The van der Waals surface area contributed by atoms with Crippen molar-refractivity contribution in [2.75, 3.05) is 0 Å². The highest BCUT2D eigenvalue weighted by Crippen LogP contribution is 2.36. The molecule has 1 unspecified atom stereocenters. The van der Waals surface area contributed by atoms with Gasteiger partial charge in [0.1, 0.15) is 5.92 Å². The van der Waals surface area contributed by atoms with E-state index in [1.54, 1.807) is 12.3 Å². The standard InChI is InChI=1S/C20H18BrNO2/c1-11-6-12(2)18(13(3)7-11)19-17(23)9-14(20(19)24)8-16-5-4-15(21)10-22-16/h4-8,10,19H,9H2,1-3H3/b14-8+. The molecule has 0 bridgehead atoms. The Morgan fingerprint density at radius 3 is 2.38 bits per heavy atom. The second kappa shape index (κ2) is 6.44. The zero-order valence-electron chi connectivity index (χ0n) is 13.9. The van der Waals surface area contributed by atoms with Crippen LogP contribution >= 0.6 is 15.9 Å². The molecule has 0 spiro atoms. The van der Waals surface area contributed by atoms with Crippen molar-refractivity contribution in [2.24, 2.45) is 0 Å². The van der Waals surface area contributed by atoms with Crippen LogP contribution < -0.4 is 0 Å². The summed E-state index contributed by atoms with van der Waals surface area (Å²) in [6, 6.07) is 7.75. The predicted molar refractivity (Wildman–Crippen MR) is 97.9 cm³/mol. The Balaban J connectivity index is 2.00. The number of ketones is 2. The molecule has 24 heavy (non-hydrogen) atoms. The summed E-state index contributed by atoms with van der Waals surface area (Å²) >= 11 is 3.34. The van der Waals surface area contributed by atoms with Gasteiger partial charge in [-0.1, -0.05) is 17.7 Å². The second-order valence-corrected chi connectivity index (χ2v) is 7.24. The molecule has 0 aliphatic heterocycles. The van der Waals surface area contributed by atoms with E-state index in [-0.39, 0.29) is 18.0 Å². The van der Waals surface area contributed by atoms with Crippen LogP contribution in [0, 0.1) is 20.8 Å². The highest BCUT2D eigenvalue weighted by atomic mass is 79.9. The van der Waals surface area contributed by atoms with Gasteiger partial charge in [-0.05, 0) is 71.6 Å². The molecule has 0 saturated heterocycles. The van der Waals surface area contributed by atoms with Gasteiger partial charge in [0.05, 0.1) is 5.69 Å². The van der Waals surface area contributed by atoms with E-state index in [2.05, 4.69) is 20.9 Å². The molecular weight excluding hydrogens is 366 g/mol. The van der Waals surface area contributed by atoms with Crippen LogP contribution in [0.1, 0.15) is 40.3 Å². The highest BCUT2D eigenvalue weighted by molar-refractivity contribution is 9.10. The van der Waals surface area contributed by atoms with Crippen molar-refractivity contribution in [1.82, 2.24) is 4.98 Å². The van der Waals surface area contributed by atoms with E-state index in [1.165, 1.54) is 0 Å². The lowest BCUT2D eigenvalue weighted by atomic mass is 9.87. The van der Waals surface area contributed by atoms with Crippen molar-refractivity contribution in [3.8, 4) is 0 Å². The van der Waals surface area contributed by atoms with E-state index in [0.717, 1.165) is 26.7 Å². The molecular formula is C20H18BrNO2. The molecule has 4 heteroatoms. The topological polar surface area (TPSA) is 47.0 Å². The number of benzene rings is 1. The average Bonchev–Trinajstić information content (AvgIpc) is 2.76. The molecule has 1 saturated carbocycles. The van der Waals surface area contributed by atoms with Crippen LogP contribution in [0.15, 0.2) is 40.5 Å². The van der Waals surface area contributed by atoms with E-state index in [4.69, 9.17) is 0 Å². The van der Waals surface area contributed by atoms with Gasteiger partial charge in [-0.15, -0.1) is 0 Å². The normalized spacial score (nSPS) is 19.3. The molecule has 1 aliphatic rings. The Kier molecular flexibility index (Phi) is 4.50. The summed E-state index contributed by atoms with van der Waals surface area (Å²) < 4.78 is 0.877. The highest BCUT2D eigenvalue weighted by Gasteiger charge is 2.39. The van der Waals surface area contributed by atoms with E-state index in [0.29, 0.717) is 11.3 Å². The van der Waals surface area contributed by atoms with Crippen LogP contribution in [0.25, 0.3) is 6.08 Å². The number of aromatic nitrogens is 1. The summed E-state index contributed by atoms with van der Waals surface area (Å²) in [5.74, 6) is -0.800. The number of hydrogen-bond acceptors (Lipinski definition) is 3. The minimum absolute atomic E-state index is 0.0292. The summed E-state index contributed by atoms with van der Waals surface area (Å²) in [6.45, 7) is 5.95. The minimum Gasteiger partial charge on any atom is -0.298 e. The van der Waals surface area contributed by atoms with Crippen LogP contribution in [0.2, 0.25) is 0 Å². The van der Waals surface area contributed by atoms with Gasteiger partial charge in [-0.25, -0.2) is 0 Å². The van der Waals surface area contributed by atoms with Gasteiger partial charge in [-0.3, -0.25) is 14.6 Å². The number of allylic oxidation sites excluding steroid dienone is 1. The summed E-state index contributed by atoms with van der Waals surface area (Å²) in [7, 11) is 0. The molecule has 1 aromatic carbocycles. The fourth-order valence-corrected chi connectivity index (χ4v) is 3.65. The number of halogens is 1. The van der Waals surface area contributed by atoms with Gasteiger partial charge in [-0.2, -0.15) is 0 Å². The first-order chi connectivity index (χ1) is 11.4. The maximum Gasteiger partial charge on any atom is 0.174 e. The first-order valence-corrected chi connectivity index (χ1v) is 8.63. The van der Waals surface area contributed by atoms with Gasteiger partial charge >= 0.3 is 0 Å². The summed E-state index contributed by atoms with van der Waals surface area (Å²) in [4.78, 5) is 29.6. The first kappa shape index (κ1) is 16.8. The van der Waals surface area contributed by atoms with Crippen LogP contribution in [0.3, 0.4) is 0 Å². The summed E-state index contributed by atoms with van der Waals surface area (Å²) in [5.41, 5.74) is 5.24. The fourth-order valence-electron chi connectivity index (χ4n) is 3.42. The van der Waals surface area contributed by atoms with Gasteiger partial charge in [0.15, 0.2) is 11.6 Å². The fraction of sp³-hybridized carbons (Fsp3) is 0.250. The molecule has 3 nitrogen and oxygen atoms in total. The molecule has 2 aromatic rings. The third-order valence-electron chi connectivity index (χ3n) is 4.36. The average molecular weight is 384 g/mol. The van der Waals surface area contributed by atoms with Crippen LogP contribution in [0.4, 0.5) is 0 Å². The smallest absolute Gasteiger partial charge is 0.174 e. The Hall–Kier alpha value is -2.07. The molecule has 3 rings (SSSR count). The van der Waals surface area contributed by atoms with Crippen molar-refractivity contribution in [3.63, 3.8) is 0 Å². The molecule has 1 heterocycles. The van der Waals surface area contributed by atoms with Crippen LogP contribution in [-0.4, -0.2) is 16.6 Å². The van der Waals surface area contributed by atoms with Crippen molar-refractivity contribution >= 4 is 33.6 Å². The van der Waals surface area contributed by atoms with Gasteiger partial charge in [0, 0.05) is 22.7 Å². The molecule has 1 aromatic heterocycles. The Bertz CT molecular complexity index is 843. The monoisotopic (exact) mass is 383 g/mol. The maximum absolute atomic E-state index is 12.9. The SMILES string of the molecule is Cc1cc(C)c(C2C(=O)C/C(=C\c3ccc(Br)cn3)C2=O)c(C)c1. The lowest BCUT2D eigenvalue weighted by Gasteiger charge is -2.15. The molecule has 122 valence electrons. The number of hydrogen-bond donors (Lipinski definition) is 0. The number of carbonyl (C=O) groups excluding carboxylic acids is 2. The minimum atomic E-state index is -0.674. The maximum atomic E-state index is 12.9. The lowest BCUT2D eigenvalue weighted by Crippen LogP contribution is -2.15. The predicted octanol–water partition coefficient (Wildman–Crippen LogP) is 4.48. The molecule has 0 radical (unpaired) electrons. The van der Waals surface area contributed by atoms with E-state index < -0.39 is 5.92 Å². The summed E-state index contributed by atoms with van der Waals surface area (Å²) in [6.07, 6.45) is 3.58. The largest absolute Gasteiger partial charge is 0.298 e. The number of carbonyl (C=O) groups is 2. The third kappa shape index (κ3) is 3.11. The number of pyridine rings is 1. The van der Waals surface area contributed by atoms with Crippen molar-refractivity contribution in [3.05, 3.63) is 68.5 Å². The third-order valence-corrected chi connectivity index (χ3v) is 4.83. The number of rotatable bonds is 2. The lowest BCUT2D eigenvalue weighted by molar-refractivity contribution is -0.123.